The number of hydrogen-bond donors (Lipinski definition) is 1. The smallest absolute Gasteiger partial charge is 0.246 e. The number of rotatable bonds is 6. The number of fused-ring (bicyclic) bond motifs is 1. The summed E-state index contributed by atoms with van der Waals surface area (Å²) in [6, 6.07) is 16.0. The van der Waals surface area contributed by atoms with Gasteiger partial charge in [-0.05, 0) is 42.2 Å². The molecule has 0 fully saturated rings. The maximum absolute atomic E-state index is 12.6. The second kappa shape index (κ2) is 8.04. The molecule has 5 nitrogen and oxygen atoms in total. The molecule has 5 heteroatoms. The predicted octanol–water partition coefficient (Wildman–Crippen LogP) is 2.71. The zero-order valence-corrected chi connectivity index (χ0v) is 15.4. The van der Waals surface area contributed by atoms with Gasteiger partial charge in [0.15, 0.2) is 0 Å². The first kappa shape index (κ1) is 18.0. The molecule has 0 bridgehead atoms. The number of hydrogen-bond acceptors (Lipinski definition) is 3. The van der Waals surface area contributed by atoms with Gasteiger partial charge in [0.1, 0.15) is 0 Å². The Morgan fingerprint density at radius 2 is 1.92 bits per heavy atom. The number of nitrogens with one attached hydrogen (secondary N) is 1. The molecule has 2 amide bonds. The Morgan fingerprint density at radius 1 is 1.12 bits per heavy atom. The van der Waals surface area contributed by atoms with Crippen LogP contribution < -0.4 is 10.2 Å². The van der Waals surface area contributed by atoms with Gasteiger partial charge >= 0.3 is 0 Å². The lowest BCUT2D eigenvalue weighted by Gasteiger charge is -2.18. The number of anilines is 2. The molecule has 0 atom stereocenters. The number of aryl methyl sites for hydroxylation is 1. The van der Waals surface area contributed by atoms with E-state index in [1.807, 2.05) is 47.4 Å². The monoisotopic (exact) mass is 351 g/mol. The van der Waals surface area contributed by atoms with Crippen LogP contribution in [0.2, 0.25) is 0 Å². The van der Waals surface area contributed by atoms with Crippen LogP contribution >= 0.6 is 0 Å². The van der Waals surface area contributed by atoms with Crippen LogP contribution in [0.5, 0.6) is 0 Å². The third-order valence-corrected chi connectivity index (χ3v) is 4.69. The van der Waals surface area contributed by atoms with E-state index in [9.17, 15) is 9.59 Å². The molecule has 1 aliphatic rings. The van der Waals surface area contributed by atoms with Gasteiger partial charge in [0.25, 0.3) is 0 Å². The van der Waals surface area contributed by atoms with Gasteiger partial charge in [-0.3, -0.25) is 9.59 Å². The zero-order chi connectivity index (χ0) is 18.5. The highest BCUT2D eigenvalue weighted by atomic mass is 16.2. The van der Waals surface area contributed by atoms with Gasteiger partial charge < -0.3 is 15.1 Å². The van der Waals surface area contributed by atoms with E-state index < -0.39 is 0 Å². The molecule has 0 aromatic heterocycles. The lowest BCUT2D eigenvalue weighted by molar-refractivity contribution is -0.128. The van der Waals surface area contributed by atoms with Crippen LogP contribution in [0.4, 0.5) is 11.4 Å². The molecule has 2 aromatic rings. The normalized spacial score (nSPS) is 12.6. The first-order chi connectivity index (χ1) is 12.5. The predicted molar refractivity (Wildman–Crippen MR) is 104 cm³/mol. The minimum atomic E-state index is 0.0724. The molecule has 1 heterocycles. The fourth-order valence-electron chi connectivity index (χ4n) is 3.18. The van der Waals surface area contributed by atoms with Crippen molar-refractivity contribution in [2.45, 2.75) is 19.3 Å². The Labute approximate surface area is 154 Å². The molecule has 136 valence electrons. The van der Waals surface area contributed by atoms with Crippen LogP contribution in [-0.4, -0.2) is 43.9 Å². The van der Waals surface area contributed by atoms with Crippen molar-refractivity contribution in [3.63, 3.8) is 0 Å². The Hall–Kier alpha value is -2.82. The molecular weight excluding hydrogens is 326 g/mol. The summed E-state index contributed by atoms with van der Waals surface area (Å²) in [5, 5.41) is 3.22. The van der Waals surface area contributed by atoms with Crippen LogP contribution in [0.3, 0.4) is 0 Å². The SMILES string of the molecule is CN(C)C(=O)CCc1cccc(NCC(=O)N2CCc3ccccc32)c1. The number of carbonyl (C=O) groups is 2. The summed E-state index contributed by atoms with van der Waals surface area (Å²) in [7, 11) is 3.53. The van der Waals surface area contributed by atoms with E-state index in [-0.39, 0.29) is 18.4 Å². The van der Waals surface area contributed by atoms with Crippen molar-refractivity contribution < 1.29 is 9.59 Å². The van der Waals surface area contributed by atoms with Gasteiger partial charge in [0, 0.05) is 38.4 Å². The number of benzene rings is 2. The van der Waals surface area contributed by atoms with Gasteiger partial charge in [-0.2, -0.15) is 0 Å². The van der Waals surface area contributed by atoms with Gasteiger partial charge in [-0.15, -0.1) is 0 Å². The van der Waals surface area contributed by atoms with Crippen molar-refractivity contribution >= 4 is 23.2 Å². The molecule has 2 aromatic carbocycles. The summed E-state index contributed by atoms with van der Waals surface area (Å²) in [6.07, 6.45) is 2.09. The highest BCUT2D eigenvalue weighted by Crippen LogP contribution is 2.27. The Morgan fingerprint density at radius 3 is 2.73 bits per heavy atom. The van der Waals surface area contributed by atoms with Crippen LogP contribution in [0.1, 0.15) is 17.5 Å². The van der Waals surface area contributed by atoms with Crippen molar-refractivity contribution in [1.82, 2.24) is 4.90 Å². The minimum absolute atomic E-state index is 0.0724. The van der Waals surface area contributed by atoms with E-state index in [1.165, 1.54) is 5.56 Å². The molecule has 0 saturated carbocycles. The van der Waals surface area contributed by atoms with Gasteiger partial charge in [-0.25, -0.2) is 0 Å². The standard InChI is InChI=1S/C21H25N3O2/c1-23(2)20(25)11-10-16-6-5-8-18(14-16)22-15-21(26)24-13-12-17-7-3-4-9-19(17)24/h3-9,14,22H,10-13,15H2,1-2H3. The fraction of sp³-hybridized carbons (Fsp3) is 0.333. The molecular formula is C21H25N3O2. The summed E-state index contributed by atoms with van der Waals surface area (Å²) in [5.41, 5.74) is 4.24. The maximum Gasteiger partial charge on any atom is 0.246 e. The zero-order valence-electron chi connectivity index (χ0n) is 15.4. The topological polar surface area (TPSA) is 52.7 Å². The molecule has 0 spiro atoms. The summed E-state index contributed by atoms with van der Waals surface area (Å²) in [4.78, 5) is 27.7. The first-order valence-electron chi connectivity index (χ1n) is 8.96. The van der Waals surface area contributed by atoms with Crippen molar-refractivity contribution in [2.24, 2.45) is 0 Å². The van der Waals surface area contributed by atoms with E-state index in [0.29, 0.717) is 12.8 Å². The van der Waals surface area contributed by atoms with Crippen LogP contribution in [0.25, 0.3) is 0 Å². The summed E-state index contributed by atoms with van der Waals surface area (Å²) < 4.78 is 0. The Kier molecular flexibility index (Phi) is 5.56. The summed E-state index contributed by atoms with van der Waals surface area (Å²) >= 11 is 0. The second-order valence-electron chi connectivity index (χ2n) is 6.77. The van der Waals surface area contributed by atoms with Crippen molar-refractivity contribution in [2.75, 3.05) is 37.4 Å². The van der Waals surface area contributed by atoms with E-state index >= 15 is 0 Å². The Balaban J connectivity index is 1.56. The molecule has 26 heavy (non-hydrogen) atoms. The first-order valence-corrected chi connectivity index (χ1v) is 8.96. The number of nitrogens with zero attached hydrogens (tertiary/aromatic N) is 2. The summed E-state index contributed by atoms with van der Waals surface area (Å²) in [5.74, 6) is 0.189. The molecule has 1 aliphatic heterocycles. The third-order valence-electron chi connectivity index (χ3n) is 4.69. The summed E-state index contributed by atoms with van der Waals surface area (Å²) in [6.45, 7) is 1.00. The van der Waals surface area contributed by atoms with Crippen LogP contribution in [0.15, 0.2) is 48.5 Å². The molecule has 0 radical (unpaired) electrons. The largest absolute Gasteiger partial charge is 0.376 e. The number of amides is 2. The third kappa shape index (κ3) is 4.23. The lowest BCUT2D eigenvalue weighted by Crippen LogP contribution is -2.34. The van der Waals surface area contributed by atoms with E-state index in [2.05, 4.69) is 11.4 Å². The molecule has 3 rings (SSSR count). The van der Waals surface area contributed by atoms with Crippen LogP contribution in [-0.2, 0) is 22.4 Å². The fourth-order valence-corrected chi connectivity index (χ4v) is 3.18. The number of carbonyl (C=O) groups excluding carboxylic acids is 2. The van der Waals surface area contributed by atoms with E-state index in [4.69, 9.17) is 0 Å². The molecule has 0 saturated heterocycles. The van der Waals surface area contributed by atoms with Crippen molar-refractivity contribution in [3.05, 3.63) is 59.7 Å². The van der Waals surface area contributed by atoms with E-state index in [1.54, 1.807) is 19.0 Å². The average Bonchev–Trinajstić information content (AvgIpc) is 3.08. The van der Waals surface area contributed by atoms with Gasteiger partial charge in [0.05, 0.1) is 6.54 Å². The average molecular weight is 351 g/mol. The number of para-hydroxylation sites is 1. The Bertz CT molecular complexity index is 801. The van der Waals surface area contributed by atoms with Crippen LogP contribution in [0, 0.1) is 0 Å². The second-order valence-corrected chi connectivity index (χ2v) is 6.77. The minimum Gasteiger partial charge on any atom is -0.376 e. The molecule has 0 aliphatic carbocycles. The molecule has 1 N–H and O–H groups in total. The van der Waals surface area contributed by atoms with Gasteiger partial charge in [0.2, 0.25) is 11.8 Å². The van der Waals surface area contributed by atoms with Crippen molar-refractivity contribution in [1.29, 1.82) is 0 Å². The quantitative estimate of drug-likeness (QED) is 0.871. The lowest BCUT2D eigenvalue weighted by atomic mass is 10.1. The maximum atomic E-state index is 12.6. The highest BCUT2D eigenvalue weighted by Gasteiger charge is 2.23. The highest BCUT2D eigenvalue weighted by molar-refractivity contribution is 5.98. The van der Waals surface area contributed by atoms with Crippen molar-refractivity contribution in [3.8, 4) is 0 Å². The molecule has 0 unspecified atom stereocenters. The van der Waals surface area contributed by atoms with Gasteiger partial charge in [-0.1, -0.05) is 30.3 Å². The van der Waals surface area contributed by atoms with E-state index in [0.717, 1.165) is 29.9 Å².